The molecule has 3 rings (SSSR count). The minimum absolute atomic E-state index is 0. The summed E-state index contributed by atoms with van der Waals surface area (Å²) in [6.07, 6.45) is 1.50. The van der Waals surface area contributed by atoms with Crippen LogP contribution in [0.4, 0.5) is 0 Å². The van der Waals surface area contributed by atoms with Crippen LogP contribution in [0, 0.1) is 0 Å². The summed E-state index contributed by atoms with van der Waals surface area (Å²) < 4.78 is 10.6. The van der Waals surface area contributed by atoms with E-state index in [1.54, 1.807) is 45.5 Å². The van der Waals surface area contributed by atoms with Gasteiger partial charge in [0.25, 0.3) is 11.8 Å². The number of amides is 2. The zero-order valence-corrected chi connectivity index (χ0v) is 20.8. The Kier molecular flexibility index (Phi) is 9.76. The van der Waals surface area contributed by atoms with Crippen molar-refractivity contribution in [1.82, 2.24) is 15.5 Å². The topological polar surface area (TPSA) is 92.3 Å². The molecule has 0 atom stereocenters. The maximum absolute atomic E-state index is 12.4. The number of aliphatic imine (C=N–C) groups is 1. The Hall–Kier alpha value is -2.82. The maximum atomic E-state index is 12.4. The normalized spacial score (nSPS) is 12.8. The van der Waals surface area contributed by atoms with Crippen LogP contribution in [0.1, 0.15) is 39.1 Å². The molecule has 2 amide bonds. The van der Waals surface area contributed by atoms with Crippen molar-refractivity contribution < 1.29 is 19.1 Å². The second-order valence-electron chi connectivity index (χ2n) is 7.04. The number of hydrogen-bond donors (Lipinski definition) is 2. The molecule has 0 saturated heterocycles. The minimum atomic E-state index is -0.209. The second kappa shape index (κ2) is 12.3. The zero-order valence-electron chi connectivity index (χ0n) is 18.5. The SMILES string of the molecule is CN=C(NCCCCN1C(=O)c2ccccc2C1=O)NCc1ccc(OC)cc1OC.I. The van der Waals surface area contributed by atoms with E-state index in [0.717, 1.165) is 23.5 Å². The molecule has 2 N–H and O–H groups in total. The number of benzene rings is 2. The van der Waals surface area contributed by atoms with E-state index in [1.165, 1.54) is 4.90 Å². The first-order chi connectivity index (χ1) is 15.1. The van der Waals surface area contributed by atoms with Gasteiger partial charge in [-0.1, -0.05) is 12.1 Å². The number of nitrogens with zero attached hydrogens (tertiary/aromatic N) is 2. The van der Waals surface area contributed by atoms with E-state index in [2.05, 4.69) is 15.6 Å². The summed E-state index contributed by atoms with van der Waals surface area (Å²) in [5.74, 6) is 1.72. The Bertz CT molecular complexity index is 945. The van der Waals surface area contributed by atoms with Gasteiger partial charge in [-0.2, -0.15) is 0 Å². The van der Waals surface area contributed by atoms with Gasteiger partial charge >= 0.3 is 0 Å². The summed E-state index contributed by atoms with van der Waals surface area (Å²) >= 11 is 0. The molecule has 0 aliphatic carbocycles. The fourth-order valence-electron chi connectivity index (χ4n) is 3.44. The molecule has 0 bridgehead atoms. The van der Waals surface area contributed by atoms with Crippen molar-refractivity contribution >= 4 is 41.8 Å². The van der Waals surface area contributed by atoms with Gasteiger partial charge in [-0.3, -0.25) is 19.5 Å². The molecule has 9 heteroatoms. The van der Waals surface area contributed by atoms with Gasteiger partial charge in [0.05, 0.1) is 25.3 Å². The van der Waals surface area contributed by atoms with Crippen LogP contribution in [0.5, 0.6) is 11.5 Å². The van der Waals surface area contributed by atoms with E-state index in [4.69, 9.17) is 9.47 Å². The smallest absolute Gasteiger partial charge is 0.261 e. The van der Waals surface area contributed by atoms with Crippen LogP contribution < -0.4 is 20.1 Å². The predicted octanol–water partition coefficient (Wildman–Crippen LogP) is 3.06. The lowest BCUT2D eigenvalue weighted by Crippen LogP contribution is -2.37. The predicted molar refractivity (Wildman–Crippen MR) is 134 cm³/mol. The Morgan fingerprint density at radius 1 is 0.969 bits per heavy atom. The second-order valence-corrected chi connectivity index (χ2v) is 7.04. The number of imide groups is 1. The summed E-state index contributed by atoms with van der Waals surface area (Å²) in [4.78, 5) is 30.3. The minimum Gasteiger partial charge on any atom is -0.497 e. The molecular weight excluding hydrogens is 523 g/mol. The largest absolute Gasteiger partial charge is 0.497 e. The first-order valence-electron chi connectivity index (χ1n) is 10.2. The highest BCUT2D eigenvalue weighted by molar-refractivity contribution is 14.0. The van der Waals surface area contributed by atoms with Crippen LogP contribution in [-0.2, 0) is 6.54 Å². The van der Waals surface area contributed by atoms with Crippen LogP contribution >= 0.6 is 24.0 Å². The van der Waals surface area contributed by atoms with Crippen LogP contribution in [0.2, 0.25) is 0 Å². The number of unbranched alkanes of at least 4 members (excludes halogenated alkanes) is 1. The summed E-state index contributed by atoms with van der Waals surface area (Å²) in [5, 5.41) is 6.51. The van der Waals surface area contributed by atoms with Gasteiger partial charge in [0, 0.05) is 38.3 Å². The van der Waals surface area contributed by atoms with Gasteiger partial charge < -0.3 is 20.1 Å². The third-order valence-electron chi connectivity index (χ3n) is 5.14. The van der Waals surface area contributed by atoms with Crippen molar-refractivity contribution in [3.8, 4) is 11.5 Å². The number of nitrogens with one attached hydrogen (secondary N) is 2. The molecule has 2 aromatic rings. The molecule has 1 aliphatic rings. The molecule has 1 heterocycles. The summed E-state index contributed by atoms with van der Waals surface area (Å²) in [7, 11) is 4.95. The molecule has 0 spiro atoms. The molecule has 2 aromatic carbocycles. The summed E-state index contributed by atoms with van der Waals surface area (Å²) in [6, 6.07) is 12.6. The van der Waals surface area contributed by atoms with Gasteiger partial charge in [0.2, 0.25) is 0 Å². The summed E-state index contributed by atoms with van der Waals surface area (Å²) in [5.41, 5.74) is 1.96. The Morgan fingerprint density at radius 3 is 2.25 bits per heavy atom. The molecule has 0 saturated carbocycles. The highest BCUT2D eigenvalue weighted by Crippen LogP contribution is 2.24. The van der Waals surface area contributed by atoms with Crippen molar-refractivity contribution in [2.75, 3.05) is 34.4 Å². The van der Waals surface area contributed by atoms with Crippen LogP contribution in [-0.4, -0.2) is 57.0 Å². The van der Waals surface area contributed by atoms with Crippen LogP contribution in [0.3, 0.4) is 0 Å². The third-order valence-corrected chi connectivity index (χ3v) is 5.14. The quantitative estimate of drug-likeness (QED) is 0.163. The van der Waals surface area contributed by atoms with Crippen LogP contribution in [0.25, 0.3) is 0 Å². The zero-order chi connectivity index (χ0) is 22.2. The van der Waals surface area contributed by atoms with Crippen LogP contribution in [0.15, 0.2) is 47.5 Å². The highest BCUT2D eigenvalue weighted by atomic mass is 127. The molecular formula is C23H29IN4O4. The van der Waals surface area contributed by atoms with Crippen molar-refractivity contribution in [2.45, 2.75) is 19.4 Å². The van der Waals surface area contributed by atoms with E-state index in [9.17, 15) is 9.59 Å². The lowest BCUT2D eigenvalue weighted by atomic mass is 10.1. The average Bonchev–Trinajstić information content (AvgIpc) is 3.05. The number of methoxy groups -OCH3 is 2. The standard InChI is InChI=1S/C23H28N4O4.HI/c1-24-23(26-15-16-10-11-17(30-2)14-20(16)31-3)25-12-6-7-13-27-21(28)18-8-4-5-9-19(18)22(27)29;/h4-5,8-11,14H,6-7,12-13,15H2,1-3H3,(H2,24,25,26);1H. The van der Waals surface area contributed by atoms with E-state index in [0.29, 0.717) is 43.1 Å². The van der Waals surface area contributed by atoms with E-state index in [1.807, 2.05) is 18.2 Å². The fraction of sp³-hybridized carbons (Fsp3) is 0.348. The number of fused-ring (bicyclic) bond motifs is 1. The van der Waals surface area contributed by atoms with E-state index < -0.39 is 0 Å². The average molecular weight is 552 g/mol. The Morgan fingerprint density at radius 2 is 1.66 bits per heavy atom. The molecule has 0 radical (unpaired) electrons. The maximum Gasteiger partial charge on any atom is 0.261 e. The van der Waals surface area contributed by atoms with Gasteiger partial charge in [0.1, 0.15) is 11.5 Å². The molecule has 1 aliphatic heterocycles. The van der Waals surface area contributed by atoms with Crippen molar-refractivity contribution in [2.24, 2.45) is 4.99 Å². The van der Waals surface area contributed by atoms with Gasteiger partial charge in [-0.15, -0.1) is 24.0 Å². The Balaban J connectivity index is 0.00000363. The van der Waals surface area contributed by atoms with Gasteiger partial charge in [-0.05, 0) is 37.1 Å². The first kappa shape index (κ1) is 25.4. The van der Waals surface area contributed by atoms with Crippen molar-refractivity contribution in [1.29, 1.82) is 0 Å². The monoisotopic (exact) mass is 552 g/mol. The van der Waals surface area contributed by atoms with Gasteiger partial charge in [0.15, 0.2) is 5.96 Å². The van der Waals surface area contributed by atoms with E-state index in [-0.39, 0.29) is 35.8 Å². The first-order valence-corrected chi connectivity index (χ1v) is 10.2. The molecule has 0 unspecified atom stereocenters. The molecule has 0 fully saturated rings. The number of hydrogen-bond acceptors (Lipinski definition) is 5. The van der Waals surface area contributed by atoms with Crippen molar-refractivity contribution in [3.63, 3.8) is 0 Å². The lowest BCUT2D eigenvalue weighted by Gasteiger charge is -2.16. The third kappa shape index (κ3) is 5.90. The lowest BCUT2D eigenvalue weighted by molar-refractivity contribution is 0.0652. The van der Waals surface area contributed by atoms with Gasteiger partial charge in [-0.25, -0.2) is 0 Å². The Labute approximate surface area is 205 Å². The molecule has 0 aromatic heterocycles. The number of ether oxygens (including phenoxy) is 2. The highest BCUT2D eigenvalue weighted by Gasteiger charge is 2.34. The number of halogens is 1. The van der Waals surface area contributed by atoms with Crippen molar-refractivity contribution in [3.05, 3.63) is 59.2 Å². The number of rotatable bonds is 9. The van der Waals surface area contributed by atoms with E-state index >= 15 is 0 Å². The molecule has 32 heavy (non-hydrogen) atoms. The molecule has 172 valence electrons. The summed E-state index contributed by atoms with van der Waals surface area (Å²) in [6.45, 7) is 1.62. The number of carbonyl (C=O) groups is 2. The molecule has 8 nitrogen and oxygen atoms in total. The fourth-order valence-corrected chi connectivity index (χ4v) is 3.44. The number of guanidine groups is 1. The number of carbonyl (C=O) groups excluding carboxylic acids is 2.